The van der Waals surface area contributed by atoms with Gasteiger partial charge in [-0.15, -0.1) is 0 Å². The average molecular weight is 446 g/mol. The van der Waals surface area contributed by atoms with Crippen molar-refractivity contribution < 1.29 is 13.9 Å². The zero-order valence-corrected chi connectivity index (χ0v) is 17.0. The van der Waals surface area contributed by atoms with Crippen LogP contribution in [0.2, 0.25) is 5.15 Å². The summed E-state index contributed by atoms with van der Waals surface area (Å²) in [6, 6.07) is 13.8. The number of nitrogens with zero attached hydrogens (tertiary/aromatic N) is 4. The van der Waals surface area contributed by atoms with Crippen LogP contribution in [0.3, 0.4) is 0 Å². The third-order valence-electron chi connectivity index (χ3n) is 5.49. The lowest BCUT2D eigenvalue weighted by molar-refractivity contribution is 0.392. The number of hydrogen-bond acceptors (Lipinski definition) is 7. The Balaban J connectivity index is 1.72. The minimum absolute atomic E-state index is 0.0461. The van der Waals surface area contributed by atoms with E-state index in [1.165, 1.54) is 12.4 Å². The van der Waals surface area contributed by atoms with Crippen LogP contribution in [0, 0.1) is 5.95 Å². The van der Waals surface area contributed by atoms with Crippen molar-refractivity contribution in [2.24, 2.45) is 10.7 Å². The van der Waals surface area contributed by atoms with Crippen LogP contribution < -0.4 is 15.2 Å². The number of rotatable bonds is 1. The predicted octanol–water partition coefficient (Wildman–Crippen LogP) is 4.44. The van der Waals surface area contributed by atoms with E-state index in [0.717, 1.165) is 0 Å². The first-order chi connectivity index (χ1) is 15.6. The summed E-state index contributed by atoms with van der Waals surface area (Å²) in [4.78, 5) is 17.2. The van der Waals surface area contributed by atoms with Gasteiger partial charge in [0.15, 0.2) is 17.0 Å². The minimum atomic E-state index is -1.23. The number of amidine groups is 1. The lowest BCUT2D eigenvalue weighted by Crippen LogP contribution is -2.40. The number of hydrogen-bond donors (Lipinski definition) is 1. The molecule has 1 unspecified atom stereocenters. The summed E-state index contributed by atoms with van der Waals surface area (Å²) in [5.74, 6) is 0.825. The average Bonchev–Trinajstić information content (AvgIpc) is 2.80. The van der Waals surface area contributed by atoms with E-state index in [1.807, 2.05) is 0 Å². The SMILES string of the molecule is NC1=NC2(c3cc(-c4cccnc4F)ccc3Oc3cnc(Cl)cc32)c2ncccc2O1. The summed E-state index contributed by atoms with van der Waals surface area (Å²) in [7, 11) is 0. The molecule has 2 aliphatic rings. The molecule has 5 heterocycles. The Hall–Kier alpha value is -4.04. The fourth-order valence-electron chi connectivity index (χ4n) is 4.19. The highest BCUT2D eigenvalue weighted by molar-refractivity contribution is 6.29. The summed E-state index contributed by atoms with van der Waals surface area (Å²) in [6.45, 7) is 0. The summed E-state index contributed by atoms with van der Waals surface area (Å²) in [5.41, 5.74) is 7.54. The van der Waals surface area contributed by atoms with Gasteiger partial charge in [0.1, 0.15) is 16.6 Å². The minimum Gasteiger partial charge on any atom is -0.455 e. The Morgan fingerprint density at radius 1 is 0.875 bits per heavy atom. The maximum absolute atomic E-state index is 14.5. The molecule has 1 spiro atoms. The number of fused-ring (bicyclic) bond motifs is 6. The third kappa shape index (κ3) is 2.59. The van der Waals surface area contributed by atoms with Gasteiger partial charge in [-0.25, -0.2) is 15.0 Å². The fourth-order valence-corrected chi connectivity index (χ4v) is 4.35. The summed E-state index contributed by atoms with van der Waals surface area (Å²) >= 11 is 6.26. The van der Waals surface area contributed by atoms with E-state index in [9.17, 15) is 4.39 Å². The predicted molar refractivity (Wildman–Crippen MR) is 115 cm³/mol. The number of halogens is 2. The first-order valence-corrected chi connectivity index (χ1v) is 10.0. The summed E-state index contributed by atoms with van der Waals surface area (Å²) in [6.07, 6.45) is 4.57. The molecule has 32 heavy (non-hydrogen) atoms. The Kier molecular flexibility index (Phi) is 3.93. The van der Waals surface area contributed by atoms with Crippen molar-refractivity contribution in [3.05, 3.63) is 95.0 Å². The van der Waals surface area contributed by atoms with Gasteiger partial charge in [0.2, 0.25) is 5.95 Å². The third-order valence-corrected chi connectivity index (χ3v) is 5.70. The molecule has 0 saturated heterocycles. The molecule has 1 atom stereocenters. The largest absolute Gasteiger partial charge is 0.455 e. The van der Waals surface area contributed by atoms with Crippen molar-refractivity contribution in [3.63, 3.8) is 0 Å². The van der Waals surface area contributed by atoms with Gasteiger partial charge in [0, 0.05) is 29.1 Å². The molecule has 156 valence electrons. The molecule has 0 saturated carbocycles. The molecule has 0 fully saturated rings. The molecule has 2 N–H and O–H groups in total. The number of pyridine rings is 3. The van der Waals surface area contributed by atoms with E-state index in [4.69, 9.17) is 31.8 Å². The molecule has 1 aromatic carbocycles. The second-order valence-electron chi connectivity index (χ2n) is 7.27. The highest BCUT2D eigenvalue weighted by atomic mass is 35.5. The quantitative estimate of drug-likeness (QED) is 0.435. The van der Waals surface area contributed by atoms with Crippen LogP contribution >= 0.6 is 11.6 Å². The number of nitrogens with two attached hydrogens (primary N) is 1. The highest BCUT2D eigenvalue weighted by Crippen LogP contribution is 2.55. The number of aromatic nitrogens is 3. The Bertz CT molecular complexity index is 1440. The number of aliphatic imine (C=N–C) groups is 1. The molecule has 0 radical (unpaired) electrons. The van der Waals surface area contributed by atoms with Crippen molar-refractivity contribution in [3.8, 4) is 28.4 Å². The summed E-state index contributed by atoms with van der Waals surface area (Å²) < 4.78 is 26.3. The molecule has 7 nitrogen and oxygen atoms in total. The molecule has 4 aromatic rings. The van der Waals surface area contributed by atoms with E-state index in [0.29, 0.717) is 45.2 Å². The first kappa shape index (κ1) is 18.7. The first-order valence-electron chi connectivity index (χ1n) is 9.64. The lowest BCUT2D eigenvalue weighted by Gasteiger charge is -2.39. The van der Waals surface area contributed by atoms with Gasteiger partial charge >= 0.3 is 0 Å². The van der Waals surface area contributed by atoms with Crippen LogP contribution in [0.15, 0.2) is 72.1 Å². The Labute approximate surface area is 186 Å². The maximum Gasteiger partial charge on any atom is 0.289 e. The van der Waals surface area contributed by atoms with Crippen LogP contribution in [-0.2, 0) is 5.54 Å². The topological polar surface area (TPSA) is 95.5 Å². The zero-order valence-electron chi connectivity index (χ0n) is 16.3. The van der Waals surface area contributed by atoms with Gasteiger partial charge in [-0.3, -0.25) is 4.98 Å². The molecule has 3 aromatic heterocycles. The standard InChI is InChI=1S/C23H13ClFN5O2/c24-19-10-15-18(11-29-19)31-16-6-5-12(13-3-1-8-28-21(13)25)9-14(16)23(15)20-17(4-2-7-27-20)32-22(26)30-23/h1-11H,(H2,26,30). The lowest BCUT2D eigenvalue weighted by atomic mass is 9.76. The molecule has 0 amide bonds. The van der Waals surface area contributed by atoms with Crippen molar-refractivity contribution in [1.29, 1.82) is 0 Å². The van der Waals surface area contributed by atoms with Crippen LogP contribution in [-0.4, -0.2) is 21.0 Å². The smallest absolute Gasteiger partial charge is 0.289 e. The van der Waals surface area contributed by atoms with Crippen molar-refractivity contribution in [2.75, 3.05) is 0 Å². The normalized spacial score (nSPS) is 18.0. The second kappa shape index (κ2) is 6.73. The molecule has 9 heteroatoms. The van der Waals surface area contributed by atoms with E-state index in [1.54, 1.807) is 54.7 Å². The molecule has 2 aliphatic heterocycles. The van der Waals surface area contributed by atoms with Gasteiger partial charge in [-0.05, 0) is 48.0 Å². The Morgan fingerprint density at radius 3 is 2.56 bits per heavy atom. The second-order valence-corrected chi connectivity index (χ2v) is 7.66. The van der Waals surface area contributed by atoms with Gasteiger partial charge in [0.25, 0.3) is 6.02 Å². The molecule has 6 rings (SSSR count). The molecule has 0 bridgehead atoms. The summed E-state index contributed by atoms with van der Waals surface area (Å²) in [5, 5.41) is 0.252. The monoisotopic (exact) mass is 445 g/mol. The van der Waals surface area contributed by atoms with Crippen molar-refractivity contribution in [2.45, 2.75) is 5.54 Å². The van der Waals surface area contributed by atoms with Gasteiger partial charge in [-0.1, -0.05) is 17.7 Å². The van der Waals surface area contributed by atoms with E-state index < -0.39 is 11.5 Å². The molecule has 0 aliphatic carbocycles. The van der Waals surface area contributed by atoms with Crippen LogP contribution in [0.1, 0.15) is 16.8 Å². The van der Waals surface area contributed by atoms with Gasteiger partial charge < -0.3 is 15.2 Å². The molecular formula is C23H13ClFN5O2. The fraction of sp³-hybridized carbons (Fsp3) is 0.0435. The van der Waals surface area contributed by atoms with E-state index in [-0.39, 0.29) is 11.2 Å². The van der Waals surface area contributed by atoms with Crippen molar-refractivity contribution >= 4 is 17.6 Å². The molecular weight excluding hydrogens is 433 g/mol. The van der Waals surface area contributed by atoms with Gasteiger partial charge in [-0.2, -0.15) is 4.39 Å². The number of ether oxygens (including phenoxy) is 2. The maximum atomic E-state index is 14.5. The van der Waals surface area contributed by atoms with Crippen LogP contribution in [0.25, 0.3) is 11.1 Å². The Morgan fingerprint density at radius 2 is 1.69 bits per heavy atom. The van der Waals surface area contributed by atoms with E-state index >= 15 is 0 Å². The van der Waals surface area contributed by atoms with E-state index in [2.05, 4.69) is 15.0 Å². The van der Waals surface area contributed by atoms with Crippen LogP contribution in [0.5, 0.6) is 17.2 Å². The van der Waals surface area contributed by atoms with Crippen LogP contribution in [0.4, 0.5) is 4.39 Å². The zero-order chi connectivity index (χ0) is 21.9. The highest BCUT2D eigenvalue weighted by Gasteiger charge is 2.50. The van der Waals surface area contributed by atoms with Crippen molar-refractivity contribution in [1.82, 2.24) is 15.0 Å². The number of benzene rings is 1. The van der Waals surface area contributed by atoms with Gasteiger partial charge in [0.05, 0.1) is 6.20 Å².